The second kappa shape index (κ2) is 7.72. The predicted octanol–water partition coefficient (Wildman–Crippen LogP) is 2.71. The van der Waals surface area contributed by atoms with Gasteiger partial charge in [-0.1, -0.05) is 25.1 Å². The van der Waals surface area contributed by atoms with Crippen molar-refractivity contribution in [1.82, 2.24) is 15.0 Å². The minimum Gasteiger partial charge on any atom is -0.379 e. The summed E-state index contributed by atoms with van der Waals surface area (Å²) in [6.07, 6.45) is 1.57. The van der Waals surface area contributed by atoms with Crippen LogP contribution in [-0.4, -0.2) is 47.2 Å². The van der Waals surface area contributed by atoms with Gasteiger partial charge in [-0.2, -0.15) is 0 Å². The van der Waals surface area contributed by atoms with E-state index >= 15 is 0 Å². The number of hydrogen-bond donors (Lipinski definition) is 2. The highest BCUT2D eigenvalue weighted by Crippen LogP contribution is 2.35. The number of aromatic amines is 1. The van der Waals surface area contributed by atoms with Crippen LogP contribution in [0.1, 0.15) is 17.4 Å². The minimum absolute atomic E-state index is 0.0385. The van der Waals surface area contributed by atoms with Crippen molar-refractivity contribution < 1.29 is 9.53 Å². The average molecular weight is 429 g/mol. The number of nitrogens with zero attached hydrogens (tertiary/aromatic N) is 3. The normalized spacial score (nSPS) is 18.5. The van der Waals surface area contributed by atoms with E-state index in [2.05, 4.69) is 21.8 Å². The van der Waals surface area contributed by atoms with Crippen molar-refractivity contribution in [2.45, 2.75) is 13.0 Å². The van der Waals surface area contributed by atoms with E-state index in [9.17, 15) is 9.59 Å². The van der Waals surface area contributed by atoms with Crippen molar-refractivity contribution in [3.8, 4) is 11.3 Å². The van der Waals surface area contributed by atoms with Gasteiger partial charge in [0.05, 0.1) is 28.2 Å². The summed E-state index contributed by atoms with van der Waals surface area (Å²) < 4.78 is 5.64. The molecule has 1 aromatic carbocycles. The number of nitrogens with one attached hydrogen (secondary N) is 1. The summed E-state index contributed by atoms with van der Waals surface area (Å²) in [5.41, 5.74) is 7.87. The van der Waals surface area contributed by atoms with Gasteiger partial charge in [-0.05, 0) is 18.2 Å². The highest BCUT2D eigenvalue weighted by atomic mass is 16.5. The maximum absolute atomic E-state index is 13.0. The van der Waals surface area contributed by atoms with Crippen molar-refractivity contribution in [3.05, 3.63) is 64.6 Å². The van der Waals surface area contributed by atoms with Crippen molar-refractivity contribution in [3.63, 3.8) is 0 Å². The Kier molecular flexibility index (Phi) is 4.86. The molecule has 1 saturated heterocycles. The lowest BCUT2D eigenvalue weighted by atomic mass is 10.1. The first-order valence-corrected chi connectivity index (χ1v) is 10.5. The van der Waals surface area contributed by atoms with E-state index in [1.54, 1.807) is 13.2 Å². The second-order valence-corrected chi connectivity index (χ2v) is 8.20. The SMILES string of the molecule is CO[C@@H]1CN(c2nc3ccccc3cc2-c2cc(=O)c3c(C(N)=O)nccc3[nH]2)CC1C. The Morgan fingerprint density at radius 3 is 2.78 bits per heavy atom. The Hall–Kier alpha value is -3.78. The number of methoxy groups -OCH3 is 1. The third-order valence-corrected chi connectivity index (χ3v) is 6.12. The molecular weight excluding hydrogens is 406 g/mol. The first kappa shape index (κ1) is 20.1. The lowest BCUT2D eigenvalue weighted by molar-refractivity contribution is 0.0899. The molecule has 8 nitrogen and oxygen atoms in total. The lowest BCUT2D eigenvalue weighted by Crippen LogP contribution is -2.24. The Morgan fingerprint density at radius 2 is 2.03 bits per heavy atom. The molecule has 0 bridgehead atoms. The van der Waals surface area contributed by atoms with E-state index in [-0.39, 0.29) is 22.6 Å². The molecule has 5 rings (SSSR count). The molecule has 4 aromatic rings. The standard InChI is InChI=1S/C24H23N5O3/c1-13-11-29(12-20(13)32-2)24-15(9-14-5-3-4-6-16(14)28-24)18-10-19(30)21-17(27-18)7-8-26-22(21)23(25)31/h3-10,13,20H,11-12H2,1-2H3,(H2,25,31)(H,27,30)/t13?,20-/m1/s1. The van der Waals surface area contributed by atoms with Crippen LogP contribution in [-0.2, 0) is 4.74 Å². The highest BCUT2D eigenvalue weighted by Gasteiger charge is 2.32. The van der Waals surface area contributed by atoms with Crippen molar-refractivity contribution in [1.29, 1.82) is 0 Å². The largest absolute Gasteiger partial charge is 0.379 e. The van der Waals surface area contributed by atoms with Crippen molar-refractivity contribution in [2.75, 3.05) is 25.1 Å². The molecule has 1 aliphatic rings. The van der Waals surface area contributed by atoms with Crippen LogP contribution in [0.2, 0.25) is 0 Å². The number of carbonyl (C=O) groups excluding carboxylic acids is 1. The monoisotopic (exact) mass is 429 g/mol. The first-order chi connectivity index (χ1) is 15.5. The fraction of sp³-hybridized carbons (Fsp3) is 0.250. The zero-order valence-corrected chi connectivity index (χ0v) is 17.8. The second-order valence-electron chi connectivity index (χ2n) is 8.20. The molecule has 4 heterocycles. The quantitative estimate of drug-likeness (QED) is 0.516. The number of benzene rings is 1. The minimum atomic E-state index is -0.737. The van der Waals surface area contributed by atoms with Gasteiger partial charge in [-0.3, -0.25) is 14.6 Å². The van der Waals surface area contributed by atoms with Gasteiger partial charge in [0.25, 0.3) is 5.91 Å². The fourth-order valence-corrected chi connectivity index (χ4v) is 4.49. The number of amides is 1. The van der Waals surface area contributed by atoms with Crippen molar-refractivity contribution >= 4 is 33.5 Å². The number of anilines is 1. The van der Waals surface area contributed by atoms with Crippen LogP contribution < -0.4 is 16.1 Å². The molecule has 0 aliphatic carbocycles. The number of hydrogen-bond acceptors (Lipinski definition) is 6. The topological polar surface area (TPSA) is 114 Å². The van der Waals surface area contributed by atoms with Gasteiger partial charge in [0, 0.05) is 49.3 Å². The van der Waals surface area contributed by atoms with Crippen LogP contribution in [0.5, 0.6) is 0 Å². The summed E-state index contributed by atoms with van der Waals surface area (Å²) >= 11 is 0. The molecule has 162 valence electrons. The zero-order chi connectivity index (χ0) is 22.4. The molecule has 0 radical (unpaired) electrons. The van der Waals surface area contributed by atoms with Gasteiger partial charge < -0.3 is 20.4 Å². The molecule has 32 heavy (non-hydrogen) atoms. The molecule has 1 amide bonds. The van der Waals surface area contributed by atoms with Crippen LogP contribution in [0.3, 0.4) is 0 Å². The highest BCUT2D eigenvalue weighted by molar-refractivity contribution is 6.04. The number of carbonyl (C=O) groups is 1. The third kappa shape index (κ3) is 3.29. The Labute approximate surface area is 184 Å². The smallest absolute Gasteiger partial charge is 0.268 e. The van der Waals surface area contributed by atoms with Crippen LogP contribution in [0.15, 0.2) is 53.5 Å². The molecule has 3 aromatic heterocycles. The summed E-state index contributed by atoms with van der Waals surface area (Å²) in [5.74, 6) is 0.397. The van der Waals surface area contributed by atoms with E-state index in [4.69, 9.17) is 15.5 Å². The number of para-hydroxylation sites is 1. The number of ether oxygens (including phenoxy) is 1. The summed E-state index contributed by atoms with van der Waals surface area (Å²) in [7, 11) is 1.73. The fourth-order valence-electron chi connectivity index (χ4n) is 4.49. The summed E-state index contributed by atoms with van der Waals surface area (Å²) in [6.45, 7) is 3.67. The number of aromatic nitrogens is 3. The number of pyridine rings is 3. The number of rotatable bonds is 4. The number of fused-ring (bicyclic) bond motifs is 2. The van der Waals surface area contributed by atoms with Crippen LogP contribution in [0.25, 0.3) is 33.1 Å². The molecule has 8 heteroatoms. The molecule has 0 spiro atoms. The molecular formula is C24H23N5O3. The van der Waals surface area contributed by atoms with Gasteiger partial charge in [0.1, 0.15) is 11.5 Å². The summed E-state index contributed by atoms with van der Waals surface area (Å²) in [6, 6.07) is 13.1. The Morgan fingerprint density at radius 1 is 1.22 bits per heavy atom. The molecule has 1 fully saturated rings. The van der Waals surface area contributed by atoms with Crippen LogP contribution in [0.4, 0.5) is 5.82 Å². The molecule has 1 unspecified atom stereocenters. The van der Waals surface area contributed by atoms with E-state index in [0.717, 1.165) is 28.8 Å². The van der Waals surface area contributed by atoms with Gasteiger partial charge in [-0.25, -0.2) is 4.98 Å². The summed E-state index contributed by atoms with van der Waals surface area (Å²) in [4.78, 5) is 39.2. The molecule has 2 atom stereocenters. The Balaban J connectivity index is 1.74. The zero-order valence-electron chi connectivity index (χ0n) is 17.8. The van der Waals surface area contributed by atoms with E-state index in [1.807, 2.05) is 30.3 Å². The van der Waals surface area contributed by atoms with Gasteiger partial charge in [0.15, 0.2) is 5.43 Å². The van der Waals surface area contributed by atoms with Gasteiger partial charge >= 0.3 is 0 Å². The average Bonchev–Trinajstić information content (AvgIpc) is 3.18. The maximum atomic E-state index is 13.0. The van der Waals surface area contributed by atoms with Crippen LogP contribution >= 0.6 is 0 Å². The third-order valence-electron chi connectivity index (χ3n) is 6.12. The lowest BCUT2D eigenvalue weighted by Gasteiger charge is -2.22. The molecule has 3 N–H and O–H groups in total. The van der Waals surface area contributed by atoms with Gasteiger partial charge in [-0.15, -0.1) is 0 Å². The summed E-state index contributed by atoms with van der Waals surface area (Å²) in [5, 5.41) is 1.16. The first-order valence-electron chi connectivity index (χ1n) is 10.5. The predicted molar refractivity (Wildman–Crippen MR) is 124 cm³/mol. The van der Waals surface area contributed by atoms with Crippen LogP contribution in [0, 0.1) is 5.92 Å². The number of primary amides is 1. The molecule has 0 saturated carbocycles. The maximum Gasteiger partial charge on any atom is 0.268 e. The van der Waals surface area contributed by atoms with E-state index < -0.39 is 5.91 Å². The van der Waals surface area contributed by atoms with Gasteiger partial charge in [0.2, 0.25) is 0 Å². The number of nitrogens with two attached hydrogens (primary N) is 1. The van der Waals surface area contributed by atoms with Crippen molar-refractivity contribution in [2.24, 2.45) is 11.7 Å². The number of H-pyrrole nitrogens is 1. The van der Waals surface area contributed by atoms with E-state index in [1.165, 1.54) is 12.3 Å². The molecule has 1 aliphatic heterocycles. The Bertz CT molecular complexity index is 1410. The van der Waals surface area contributed by atoms with E-state index in [0.29, 0.717) is 23.7 Å².